The van der Waals surface area contributed by atoms with Crippen molar-refractivity contribution >= 4 is 0 Å². The van der Waals surface area contributed by atoms with Gasteiger partial charge in [-0.25, -0.2) is 0 Å². The standard InChI is InChI=1S/C13H21NO/c1-12(2)10-14(8-9-15)11-13-6-4-3-5-7-13/h3-7,12,15H,8-11H2,1-2H3. The predicted octanol–water partition coefficient (Wildman–Crippen LogP) is 2.14. The maximum atomic E-state index is 8.99. The van der Waals surface area contributed by atoms with Crippen molar-refractivity contribution in [1.82, 2.24) is 4.90 Å². The van der Waals surface area contributed by atoms with Crippen LogP contribution >= 0.6 is 0 Å². The van der Waals surface area contributed by atoms with Crippen molar-refractivity contribution in [1.29, 1.82) is 0 Å². The molecular weight excluding hydrogens is 186 g/mol. The Labute approximate surface area is 92.5 Å². The molecule has 0 fully saturated rings. The van der Waals surface area contributed by atoms with Crippen LogP contribution in [0.4, 0.5) is 0 Å². The minimum absolute atomic E-state index is 0.236. The molecule has 0 unspecified atom stereocenters. The van der Waals surface area contributed by atoms with Gasteiger partial charge in [-0.2, -0.15) is 0 Å². The fourth-order valence-electron chi connectivity index (χ4n) is 1.73. The fourth-order valence-corrected chi connectivity index (χ4v) is 1.73. The molecule has 0 aliphatic rings. The Bertz CT molecular complexity index is 258. The number of aliphatic hydroxyl groups excluding tert-OH is 1. The Hall–Kier alpha value is -0.860. The van der Waals surface area contributed by atoms with Crippen molar-refractivity contribution in [3.63, 3.8) is 0 Å². The SMILES string of the molecule is CC(C)CN(CCO)Cc1ccccc1. The average Bonchev–Trinajstić information content (AvgIpc) is 2.18. The average molecular weight is 207 g/mol. The number of aliphatic hydroxyl groups is 1. The Morgan fingerprint density at radius 3 is 2.40 bits per heavy atom. The van der Waals surface area contributed by atoms with Crippen molar-refractivity contribution in [3.8, 4) is 0 Å². The smallest absolute Gasteiger partial charge is 0.0558 e. The lowest BCUT2D eigenvalue weighted by atomic mass is 10.1. The zero-order chi connectivity index (χ0) is 11.1. The van der Waals surface area contributed by atoms with Crippen LogP contribution in [0, 0.1) is 5.92 Å². The third-order valence-electron chi connectivity index (χ3n) is 2.29. The molecule has 0 spiro atoms. The second kappa shape index (κ2) is 6.59. The molecule has 0 amide bonds. The van der Waals surface area contributed by atoms with Crippen molar-refractivity contribution < 1.29 is 5.11 Å². The van der Waals surface area contributed by atoms with E-state index in [0.717, 1.165) is 19.6 Å². The van der Waals surface area contributed by atoms with Gasteiger partial charge >= 0.3 is 0 Å². The van der Waals surface area contributed by atoms with Crippen molar-refractivity contribution in [2.75, 3.05) is 19.7 Å². The molecule has 1 aromatic rings. The van der Waals surface area contributed by atoms with E-state index < -0.39 is 0 Å². The zero-order valence-electron chi connectivity index (χ0n) is 9.69. The van der Waals surface area contributed by atoms with Gasteiger partial charge < -0.3 is 5.11 Å². The quantitative estimate of drug-likeness (QED) is 0.772. The molecular formula is C13H21NO. The first-order valence-electron chi connectivity index (χ1n) is 5.59. The summed E-state index contributed by atoms with van der Waals surface area (Å²) in [5, 5.41) is 8.99. The topological polar surface area (TPSA) is 23.5 Å². The molecule has 0 saturated carbocycles. The van der Waals surface area contributed by atoms with Crippen LogP contribution < -0.4 is 0 Å². The largest absolute Gasteiger partial charge is 0.395 e. The van der Waals surface area contributed by atoms with Gasteiger partial charge in [0, 0.05) is 19.6 Å². The van der Waals surface area contributed by atoms with Crippen LogP contribution in [-0.2, 0) is 6.54 Å². The van der Waals surface area contributed by atoms with Crippen molar-refractivity contribution in [3.05, 3.63) is 35.9 Å². The molecule has 0 bridgehead atoms. The molecule has 1 N–H and O–H groups in total. The van der Waals surface area contributed by atoms with Crippen LogP contribution in [0.15, 0.2) is 30.3 Å². The fraction of sp³-hybridized carbons (Fsp3) is 0.538. The summed E-state index contributed by atoms with van der Waals surface area (Å²) in [7, 11) is 0. The maximum Gasteiger partial charge on any atom is 0.0558 e. The van der Waals surface area contributed by atoms with E-state index in [1.807, 2.05) is 6.07 Å². The molecule has 0 heterocycles. The van der Waals surface area contributed by atoms with Crippen LogP contribution in [0.2, 0.25) is 0 Å². The molecule has 1 rings (SSSR count). The highest BCUT2D eigenvalue weighted by molar-refractivity contribution is 5.14. The van der Waals surface area contributed by atoms with E-state index in [-0.39, 0.29) is 6.61 Å². The van der Waals surface area contributed by atoms with E-state index in [4.69, 9.17) is 5.11 Å². The first-order valence-corrected chi connectivity index (χ1v) is 5.59. The van der Waals surface area contributed by atoms with Gasteiger partial charge in [-0.1, -0.05) is 44.2 Å². The molecule has 84 valence electrons. The molecule has 0 radical (unpaired) electrons. The third kappa shape index (κ3) is 4.96. The Morgan fingerprint density at radius 1 is 1.20 bits per heavy atom. The lowest BCUT2D eigenvalue weighted by Crippen LogP contribution is -2.30. The summed E-state index contributed by atoms with van der Waals surface area (Å²) in [4.78, 5) is 2.29. The molecule has 0 aliphatic heterocycles. The summed E-state index contributed by atoms with van der Waals surface area (Å²) in [6.07, 6.45) is 0. The molecule has 15 heavy (non-hydrogen) atoms. The summed E-state index contributed by atoms with van der Waals surface area (Å²) >= 11 is 0. The van der Waals surface area contributed by atoms with Gasteiger partial charge in [-0.15, -0.1) is 0 Å². The van der Waals surface area contributed by atoms with Crippen LogP contribution in [0.25, 0.3) is 0 Å². The second-order valence-electron chi connectivity index (χ2n) is 4.34. The Kier molecular flexibility index (Phi) is 5.37. The lowest BCUT2D eigenvalue weighted by Gasteiger charge is -2.23. The number of hydrogen-bond donors (Lipinski definition) is 1. The van der Waals surface area contributed by atoms with Crippen LogP contribution in [0.3, 0.4) is 0 Å². The number of nitrogens with zero attached hydrogens (tertiary/aromatic N) is 1. The second-order valence-corrected chi connectivity index (χ2v) is 4.34. The van der Waals surface area contributed by atoms with E-state index in [0.29, 0.717) is 5.92 Å². The van der Waals surface area contributed by atoms with Crippen molar-refractivity contribution in [2.45, 2.75) is 20.4 Å². The highest BCUT2D eigenvalue weighted by Crippen LogP contribution is 2.06. The van der Waals surface area contributed by atoms with Gasteiger partial charge in [0.05, 0.1) is 6.61 Å². The first kappa shape index (κ1) is 12.2. The van der Waals surface area contributed by atoms with E-state index >= 15 is 0 Å². The lowest BCUT2D eigenvalue weighted by molar-refractivity contribution is 0.176. The van der Waals surface area contributed by atoms with Gasteiger partial charge in [0.1, 0.15) is 0 Å². The maximum absolute atomic E-state index is 8.99. The third-order valence-corrected chi connectivity index (χ3v) is 2.29. The normalized spacial score (nSPS) is 11.3. The van der Waals surface area contributed by atoms with Gasteiger partial charge in [0.2, 0.25) is 0 Å². The number of benzene rings is 1. The Morgan fingerprint density at radius 2 is 1.87 bits per heavy atom. The van der Waals surface area contributed by atoms with Gasteiger partial charge in [-0.05, 0) is 11.5 Å². The monoisotopic (exact) mass is 207 g/mol. The molecule has 1 aromatic carbocycles. The minimum atomic E-state index is 0.236. The summed E-state index contributed by atoms with van der Waals surface area (Å²) in [5.41, 5.74) is 1.31. The number of hydrogen-bond acceptors (Lipinski definition) is 2. The van der Waals surface area contributed by atoms with Gasteiger partial charge in [0.15, 0.2) is 0 Å². The summed E-state index contributed by atoms with van der Waals surface area (Å²) in [5.74, 6) is 0.639. The Balaban J connectivity index is 2.50. The van der Waals surface area contributed by atoms with E-state index in [2.05, 4.69) is 43.0 Å². The molecule has 0 aliphatic carbocycles. The summed E-state index contributed by atoms with van der Waals surface area (Å²) < 4.78 is 0. The molecule has 0 saturated heterocycles. The number of rotatable bonds is 6. The summed E-state index contributed by atoms with van der Waals surface area (Å²) in [6.45, 7) is 7.37. The predicted molar refractivity (Wildman–Crippen MR) is 63.6 cm³/mol. The summed E-state index contributed by atoms with van der Waals surface area (Å²) in [6, 6.07) is 10.4. The van der Waals surface area contributed by atoms with Crippen LogP contribution in [0.5, 0.6) is 0 Å². The van der Waals surface area contributed by atoms with E-state index in [9.17, 15) is 0 Å². The van der Waals surface area contributed by atoms with Gasteiger partial charge in [0.25, 0.3) is 0 Å². The molecule has 0 aromatic heterocycles. The van der Waals surface area contributed by atoms with Crippen LogP contribution in [-0.4, -0.2) is 29.7 Å². The van der Waals surface area contributed by atoms with Gasteiger partial charge in [-0.3, -0.25) is 4.90 Å². The van der Waals surface area contributed by atoms with E-state index in [1.165, 1.54) is 5.56 Å². The highest BCUT2D eigenvalue weighted by Gasteiger charge is 2.06. The van der Waals surface area contributed by atoms with Crippen molar-refractivity contribution in [2.24, 2.45) is 5.92 Å². The van der Waals surface area contributed by atoms with Crippen LogP contribution in [0.1, 0.15) is 19.4 Å². The first-order chi connectivity index (χ1) is 7.22. The highest BCUT2D eigenvalue weighted by atomic mass is 16.3. The van der Waals surface area contributed by atoms with E-state index in [1.54, 1.807) is 0 Å². The molecule has 2 nitrogen and oxygen atoms in total. The molecule has 0 atom stereocenters. The zero-order valence-corrected chi connectivity index (χ0v) is 9.69. The minimum Gasteiger partial charge on any atom is -0.395 e. The molecule has 2 heteroatoms.